The fourth-order valence-electron chi connectivity index (χ4n) is 2.75. The van der Waals surface area contributed by atoms with E-state index >= 15 is 0 Å². The monoisotopic (exact) mass is 317 g/mol. The van der Waals surface area contributed by atoms with Crippen molar-refractivity contribution < 1.29 is 0 Å². The van der Waals surface area contributed by atoms with Gasteiger partial charge in [0, 0.05) is 19.3 Å². The van der Waals surface area contributed by atoms with Gasteiger partial charge in [0.2, 0.25) is 0 Å². The molecule has 0 radical (unpaired) electrons. The molecule has 0 saturated heterocycles. The van der Waals surface area contributed by atoms with E-state index in [0.29, 0.717) is 6.54 Å². The first-order chi connectivity index (χ1) is 9.31. The molecule has 4 heteroatoms. The van der Waals surface area contributed by atoms with Gasteiger partial charge in [0.05, 0.1) is 10.5 Å². The summed E-state index contributed by atoms with van der Waals surface area (Å²) in [4.78, 5) is 6.79. The molecule has 0 spiro atoms. The molecule has 3 nitrogen and oxygen atoms in total. The number of rotatable bonds is 2. The average Bonchev–Trinajstić information content (AvgIpc) is 2.46. The molecular weight excluding hydrogens is 302 g/mol. The summed E-state index contributed by atoms with van der Waals surface area (Å²) >= 11 is 3.58. The lowest BCUT2D eigenvalue weighted by molar-refractivity contribution is 0.583. The van der Waals surface area contributed by atoms with Crippen LogP contribution in [0.15, 0.2) is 47.1 Å². The Morgan fingerprint density at radius 2 is 2.11 bits per heavy atom. The topological polar surface area (TPSA) is 42.1 Å². The Hall–Kier alpha value is -1.39. The molecule has 0 aliphatic carbocycles. The highest BCUT2D eigenvalue weighted by atomic mass is 79.9. The summed E-state index contributed by atoms with van der Waals surface area (Å²) < 4.78 is 1.02. The van der Waals surface area contributed by atoms with E-state index in [2.05, 4.69) is 50.1 Å². The summed E-state index contributed by atoms with van der Waals surface area (Å²) in [7, 11) is 0. The third kappa shape index (κ3) is 2.26. The van der Waals surface area contributed by atoms with Crippen molar-refractivity contribution in [3.05, 3.63) is 58.2 Å². The first-order valence-corrected chi connectivity index (χ1v) is 7.25. The van der Waals surface area contributed by atoms with E-state index in [-0.39, 0.29) is 6.04 Å². The number of anilines is 1. The number of benzene rings is 1. The van der Waals surface area contributed by atoms with Crippen molar-refractivity contribution in [1.29, 1.82) is 0 Å². The van der Waals surface area contributed by atoms with Crippen molar-refractivity contribution in [1.82, 2.24) is 4.98 Å². The van der Waals surface area contributed by atoms with Crippen LogP contribution in [0.2, 0.25) is 0 Å². The fourth-order valence-corrected chi connectivity index (χ4v) is 3.23. The maximum atomic E-state index is 6.01. The van der Waals surface area contributed by atoms with E-state index in [1.807, 2.05) is 18.3 Å². The predicted molar refractivity (Wildman–Crippen MR) is 81.2 cm³/mol. The third-order valence-electron chi connectivity index (χ3n) is 3.65. The minimum absolute atomic E-state index is 0.205. The van der Waals surface area contributed by atoms with Crippen LogP contribution < -0.4 is 10.6 Å². The lowest BCUT2D eigenvalue weighted by atomic mass is 9.92. The minimum Gasteiger partial charge on any atom is -0.347 e. The number of hydrogen-bond donors (Lipinski definition) is 1. The van der Waals surface area contributed by atoms with Gasteiger partial charge in [-0.1, -0.05) is 24.3 Å². The third-order valence-corrected chi connectivity index (χ3v) is 4.27. The number of hydrogen-bond acceptors (Lipinski definition) is 3. The van der Waals surface area contributed by atoms with E-state index in [4.69, 9.17) is 5.73 Å². The van der Waals surface area contributed by atoms with Crippen molar-refractivity contribution in [2.24, 2.45) is 5.73 Å². The van der Waals surface area contributed by atoms with E-state index in [9.17, 15) is 0 Å². The second-order valence-corrected chi connectivity index (χ2v) is 5.56. The smallest absolute Gasteiger partial charge is 0.143 e. The largest absolute Gasteiger partial charge is 0.347 e. The molecule has 2 heterocycles. The molecule has 0 saturated carbocycles. The Bertz CT molecular complexity index is 585. The van der Waals surface area contributed by atoms with Crippen molar-refractivity contribution in [2.45, 2.75) is 12.5 Å². The van der Waals surface area contributed by atoms with E-state index in [1.54, 1.807) is 0 Å². The SMILES string of the molecule is NCC1c2ccccc2CCN1c1ncccc1Br. The van der Waals surface area contributed by atoms with E-state index in [0.717, 1.165) is 23.3 Å². The zero-order valence-electron chi connectivity index (χ0n) is 10.6. The molecule has 1 aromatic heterocycles. The molecular formula is C15H16BrN3. The van der Waals surface area contributed by atoms with Crippen LogP contribution >= 0.6 is 15.9 Å². The Kier molecular flexibility index (Phi) is 3.53. The second kappa shape index (κ2) is 5.31. The molecule has 98 valence electrons. The summed E-state index contributed by atoms with van der Waals surface area (Å²) in [5.41, 5.74) is 8.74. The van der Waals surface area contributed by atoms with Crippen molar-refractivity contribution in [3.63, 3.8) is 0 Å². The Labute approximate surface area is 121 Å². The fraction of sp³-hybridized carbons (Fsp3) is 0.267. The minimum atomic E-state index is 0.205. The first kappa shape index (κ1) is 12.6. The van der Waals surface area contributed by atoms with Crippen LogP contribution in [0.25, 0.3) is 0 Å². The average molecular weight is 318 g/mol. The van der Waals surface area contributed by atoms with Crippen LogP contribution in [0.5, 0.6) is 0 Å². The molecule has 0 amide bonds. The van der Waals surface area contributed by atoms with Crippen LogP contribution in [0.3, 0.4) is 0 Å². The molecule has 1 aromatic carbocycles. The zero-order valence-corrected chi connectivity index (χ0v) is 12.2. The number of fused-ring (bicyclic) bond motifs is 1. The van der Waals surface area contributed by atoms with Gasteiger partial charge in [0.15, 0.2) is 0 Å². The van der Waals surface area contributed by atoms with Crippen LogP contribution in [-0.2, 0) is 6.42 Å². The molecule has 2 aromatic rings. The number of nitrogens with zero attached hydrogens (tertiary/aromatic N) is 2. The van der Waals surface area contributed by atoms with Gasteiger partial charge < -0.3 is 10.6 Å². The number of nitrogens with two attached hydrogens (primary N) is 1. The summed E-state index contributed by atoms with van der Waals surface area (Å²) in [6.07, 6.45) is 2.86. The highest BCUT2D eigenvalue weighted by Crippen LogP contribution is 2.35. The molecule has 1 unspecified atom stereocenters. The summed E-state index contributed by atoms with van der Waals surface area (Å²) in [5, 5.41) is 0. The molecule has 2 N–H and O–H groups in total. The molecule has 0 fully saturated rings. The maximum absolute atomic E-state index is 6.01. The molecule has 1 aliphatic heterocycles. The van der Waals surface area contributed by atoms with Crippen LogP contribution in [0.1, 0.15) is 17.2 Å². The van der Waals surface area contributed by atoms with Crippen LogP contribution in [-0.4, -0.2) is 18.1 Å². The predicted octanol–water partition coefficient (Wildman–Crippen LogP) is 2.91. The van der Waals surface area contributed by atoms with Crippen LogP contribution in [0, 0.1) is 0 Å². The standard InChI is InChI=1S/C15H16BrN3/c16-13-6-3-8-18-15(13)19-9-7-11-4-1-2-5-12(11)14(19)10-17/h1-6,8,14H,7,9-10,17H2. The van der Waals surface area contributed by atoms with Gasteiger partial charge in [0.25, 0.3) is 0 Å². The lowest BCUT2D eigenvalue weighted by Gasteiger charge is -2.38. The highest BCUT2D eigenvalue weighted by Gasteiger charge is 2.27. The molecule has 19 heavy (non-hydrogen) atoms. The first-order valence-electron chi connectivity index (χ1n) is 6.46. The van der Waals surface area contributed by atoms with Gasteiger partial charge in [-0.05, 0) is 45.6 Å². The van der Waals surface area contributed by atoms with Gasteiger partial charge in [-0.3, -0.25) is 0 Å². The van der Waals surface area contributed by atoms with Crippen molar-refractivity contribution in [2.75, 3.05) is 18.0 Å². The molecule has 0 bridgehead atoms. The summed E-state index contributed by atoms with van der Waals surface area (Å²) in [5.74, 6) is 0.979. The molecule has 1 aliphatic rings. The van der Waals surface area contributed by atoms with Gasteiger partial charge in [0.1, 0.15) is 5.82 Å². The van der Waals surface area contributed by atoms with Crippen LogP contribution in [0.4, 0.5) is 5.82 Å². The van der Waals surface area contributed by atoms with E-state index in [1.165, 1.54) is 11.1 Å². The molecule has 1 atom stereocenters. The Balaban J connectivity index is 2.03. The van der Waals surface area contributed by atoms with Gasteiger partial charge in [-0.2, -0.15) is 0 Å². The number of halogens is 1. The Morgan fingerprint density at radius 1 is 1.26 bits per heavy atom. The van der Waals surface area contributed by atoms with Gasteiger partial charge in [-0.15, -0.1) is 0 Å². The van der Waals surface area contributed by atoms with Crippen molar-refractivity contribution >= 4 is 21.7 Å². The van der Waals surface area contributed by atoms with Crippen molar-refractivity contribution in [3.8, 4) is 0 Å². The molecule has 3 rings (SSSR count). The highest BCUT2D eigenvalue weighted by molar-refractivity contribution is 9.10. The number of pyridine rings is 1. The number of aromatic nitrogens is 1. The summed E-state index contributed by atoms with van der Waals surface area (Å²) in [6, 6.07) is 12.7. The Morgan fingerprint density at radius 3 is 2.89 bits per heavy atom. The van der Waals surface area contributed by atoms with Gasteiger partial charge >= 0.3 is 0 Å². The lowest BCUT2D eigenvalue weighted by Crippen LogP contribution is -2.40. The van der Waals surface area contributed by atoms with E-state index < -0.39 is 0 Å². The quantitative estimate of drug-likeness (QED) is 0.926. The summed E-state index contributed by atoms with van der Waals surface area (Å²) in [6.45, 7) is 1.55. The normalized spacial score (nSPS) is 18.2. The zero-order chi connectivity index (χ0) is 13.2. The van der Waals surface area contributed by atoms with Gasteiger partial charge in [-0.25, -0.2) is 4.98 Å². The maximum Gasteiger partial charge on any atom is 0.143 e. The second-order valence-electron chi connectivity index (χ2n) is 4.70.